The Morgan fingerprint density at radius 2 is 2.29 bits per heavy atom. The number of rotatable bonds is 5. The monoisotopic (exact) mass is 357 g/mol. The highest BCUT2D eigenvalue weighted by Gasteiger charge is 2.10. The van der Waals surface area contributed by atoms with Gasteiger partial charge in [-0.1, -0.05) is 23.2 Å². The molecule has 1 aromatic carbocycles. The summed E-state index contributed by atoms with van der Waals surface area (Å²) in [6.07, 6.45) is 0. The summed E-state index contributed by atoms with van der Waals surface area (Å²) < 4.78 is 0. The molecule has 0 atom stereocenters. The van der Waals surface area contributed by atoms with Gasteiger partial charge < -0.3 is 5.32 Å². The minimum Gasteiger partial charge on any atom is -0.301 e. The minimum absolute atomic E-state index is 0.182. The highest BCUT2D eigenvalue weighted by Crippen LogP contribution is 2.32. The molecular weight excluding hydrogens is 349 g/mol. The maximum absolute atomic E-state index is 11.6. The summed E-state index contributed by atoms with van der Waals surface area (Å²) in [6.45, 7) is 0. The van der Waals surface area contributed by atoms with Crippen LogP contribution in [0.15, 0.2) is 23.6 Å². The van der Waals surface area contributed by atoms with E-state index in [1.54, 1.807) is 18.2 Å². The van der Waals surface area contributed by atoms with Crippen molar-refractivity contribution in [1.29, 1.82) is 5.26 Å². The van der Waals surface area contributed by atoms with Crippen LogP contribution < -0.4 is 5.32 Å². The van der Waals surface area contributed by atoms with Gasteiger partial charge in [0.25, 0.3) is 0 Å². The van der Waals surface area contributed by atoms with Gasteiger partial charge in [-0.3, -0.25) is 4.79 Å². The Morgan fingerprint density at radius 3 is 3.00 bits per heavy atom. The third-order valence-corrected chi connectivity index (χ3v) is 4.46. The summed E-state index contributed by atoms with van der Waals surface area (Å²) in [4.78, 5) is 16.0. The predicted octanol–water partition coefficient (Wildman–Crippen LogP) is 4.31. The zero-order valence-electron chi connectivity index (χ0n) is 10.6. The molecule has 0 aliphatic rings. The molecule has 2 rings (SSSR count). The molecule has 0 saturated heterocycles. The first kappa shape index (κ1) is 16.1. The van der Waals surface area contributed by atoms with Crippen molar-refractivity contribution in [3.63, 3.8) is 0 Å². The second kappa shape index (κ2) is 7.66. The molecular formula is C13H9Cl2N3OS2. The molecule has 4 nitrogen and oxygen atoms in total. The first-order chi connectivity index (χ1) is 10.1. The Bertz CT molecular complexity index is 697. The van der Waals surface area contributed by atoms with E-state index in [0.29, 0.717) is 20.9 Å². The van der Waals surface area contributed by atoms with Gasteiger partial charge in [0.1, 0.15) is 0 Å². The van der Waals surface area contributed by atoms with Gasteiger partial charge in [-0.25, -0.2) is 4.98 Å². The van der Waals surface area contributed by atoms with E-state index in [0.717, 1.165) is 5.56 Å². The van der Waals surface area contributed by atoms with Gasteiger partial charge in [0, 0.05) is 16.0 Å². The van der Waals surface area contributed by atoms with E-state index in [4.69, 9.17) is 28.5 Å². The number of hydrogen-bond acceptors (Lipinski definition) is 5. The van der Waals surface area contributed by atoms with E-state index in [1.807, 2.05) is 11.4 Å². The van der Waals surface area contributed by atoms with Gasteiger partial charge >= 0.3 is 0 Å². The number of thioether (sulfide) groups is 1. The van der Waals surface area contributed by atoms with E-state index < -0.39 is 0 Å². The Morgan fingerprint density at radius 1 is 1.48 bits per heavy atom. The lowest BCUT2D eigenvalue weighted by Crippen LogP contribution is -2.14. The van der Waals surface area contributed by atoms with Gasteiger partial charge in [0.15, 0.2) is 5.13 Å². The third kappa shape index (κ3) is 4.61. The first-order valence-electron chi connectivity index (χ1n) is 5.75. The molecule has 0 spiro atoms. The van der Waals surface area contributed by atoms with Gasteiger partial charge in [-0.2, -0.15) is 5.26 Å². The number of aromatic nitrogens is 1. The zero-order chi connectivity index (χ0) is 15.2. The fraction of sp³-hybridized carbons (Fsp3) is 0.154. The smallest absolute Gasteiger partial charge is 0.236 e. The van der Waals surface area contributed by atoms with Crippen molar-refractivity contribution in [2.45, 2.75) is 0 Å². The second-order valence-electron chi connectivity index (χ2n) is 3.86. The number of amides is 1. The van der Waals surface area contributed by atoms with Crippen LogP contribution in [0, 0.1) is 11.3 Å². The summed E-state index contributed by atoms with van der Waals surface area (Å²) in [7, 11) is 0. The molecule has 0 radical (unpaired) electrons. The largest absolute Gasteiger partial charge is 0.301 e. The van der Waals surface area contributed by atoms with Crippen LogP contribution in [0.25, 0.3) is 11.3 Å². The van der Waals surface area contributed by atoms with Crippen molar-refractivity contribution < 1.29 is 4.79 Å². The summed E-state index contributed by atoms with van der Waals surface area (Å²) in [5, 5.41) is 14.5. The molecule has 2 aromatic rings. The normalized spacial score (nSPS) is 10.1. The molecule has 0 aliphatic heterocycles. The molecule has 108 valence electrons. The Hall–Kier alpha value is -1.26. The molecule has 8 heteroatoms. The third-order valence-electron chi connectivity index (χ3n) is 2.36. The fourth-order valence-electron chi connectivity index (χ4n) is 1.50. The fourth-order valence-corrected chi connectivity index (χ4v) is 3.18. The van der Waals surface area contributed by atoms with Crippen LogP contribution in [0.1, 0.15) is 0 Å². The van der Waals surface area contributed by atoms with Crippen LogP contribution in [0.3, 0.4) is 0 Å². The van der Waals surface area contributed by atoms with E-state index >= 15 is 0 Å². The standard InChI is InChI=1S/C13H9Cl2N3OS2/c14-8-1-2-9(10(15)5-8)11-6-21-13(17-11)18-12(19)7-20-4-3-16/h1-2,5-6H,4,7H2,(H,17,18,19). The number of nitrogens with zero attached hydrogens (tertiary/aromatic N) is 2. The van der Waals surface area contributed by atoms with Crippen LogP contribution >= 0.6 is 46.3 Å². The molecule has 21 heavy (non-hydrogen) atoms. The lowest BCUT2D eigenvalue weighted by Gasteiger charge is -2.01. The van der Waals surface area contributed by atoms with E-state index in [1.165, 1.54) is 23.1 Å². The molecule has 0 bridgehead atoms. The maximum Gasteiger partial charge on any atom is 0.236 e. The first-order valence-corrected chi connectivity index (χ1v) is 8.54. The summed E-state index contributed by atoms with van der Waals surface area (Å²) in [5.41, 5.74) is 1.44. The molecule has 0 saturated carbocycles. The van der Waals surface area contributed by atoms with E-state index in [9.17, 15) is 4.79 Å². The number of hydrogen-bond donors (Lipinski definition) is 1. The molecule has 0 aliphatic carbocycles. The SMILES string of the molecule is N#CCSCC(=O)Nc1nc(-c2ccc(Cl)cc2Cl)cs1. The summed E-state index contributed by atoms with van der Waals surface area (Å²) in [5.74, 6) is 0.333. The van der Waals surface area contributed by atoms with Crippen LogP contribution in [-0.4, -0.2) is 22.4 Å². The number of carbonyl (C=O) groups is 1. The molecule has 0 unspecified atom stereocenters. The van der Waals surface area contributed by atoms with E-state index in [-0.39, 0.29) is 17.4 Å². The van der Waals surface area contributed by atoms with Crippen molar-refractivity contribution >= 4 is 57.3 Å². The van der Waals surface area contributed by atoms with Gasteiger partial charge in [-0.05, 0) is 18.2 Å². The van der Waals surface area contributed by atoms with Gasteiger partial charge in [-0.15, -0.1) is 23.1 Å². The lowest BCUT2D eigenvalue weighted by atomic mass is 10.2. The number of anilines is 1. The number of nitrogens with one attached hydrogen (secondary N) is 1. The van der Waals surface area contributed by atoms with Crippen LogP contribution in [0.2, 0.25) is 10.0 Å². The van der Waals surface area contributed by atoms with Crippen LogP contribution in [-0.2, 0) is 4.79 Å². The number of thiazole rings is 1. The molecule has 1 amide bonds. The van der Waals surface area contributed by atoms with Crippen LogP contribution in [0.4, 0.5) is 5.13 Å². The lowest BCUT2D eigenvalue weighted by molar-refractivity contribution is -0.113. The predicted molar refractivity (Wildman–Crippen MR) is 89.1 cm³/mol. The highest BCUT2D eigenvalue weighted by atomic mass is 35.5. The molecule has 1 heterocycles. The Labute approximate surface area is 140 Å². The molecule has 0 fully saturated rings. The Balaban J connectivity index is 2.04. The molecule has 1 aromatic heterocycles. The number of nitriles is 1. The average Bonchev–Trinajstić information content (AvgIpc) is 2.87. The number of benzene rings is 1. The van der Waals surface area contributed by atoms with Gasteiger partial charge in [0.2, 0.25) is 5.91 Å². The van der Waals surface area contributed by atoms with Crippen molar-refractivity contribution in [2.24, 2.45) is 0 Å². The molecule has 1 N–H and O–H groups in total. The summed E-state index contributed by atoms with van der Waals surface area (Å²) >= 11 is 14.5. The summed E-state index contributed by atoms with van der Waals surface area (Å²) in [6, 6.07) is 7.14. The van der Waals surface area contributed by atoms with Gasteiger partial charge in [0.05, 0.1) is 28.3 Å². The zero-order valence-corrected chi connectivity index (χ0v) is 13.7. The van der Waals surface area contributed by atoms with Crippen molar-refractivity contribution in [1.82, 2.24) is 4.98 Å². The number of carbonyl (C=O) groups excluding carboxylic acids is 1. The van der Waals surface area contributed by atoms with Crippen molar-refractivity contribution in [3.8, 4) is 17.3 Å². The maximum atomic E-state index is 11.6. The quantitative estimate of drug-likeness (QED) is 0.809. The second-order valence-corrected chi connectivity index (χ2v) is 6.55. The highest BCUT2D eigenvalue weighted by molar-refractivity contribution is 8.00. The van der Waals surface area contributed by atoms with Crippen molar-refractivity contribution in [2.75, 3.05) is 16.8 Å². The topological polar surface area (TPSA) is 65.8 Å². The minimum atomic E-state index is -0.182. The van der Waals surface area contributed by atoms with Crippen molar-refractivity contribution in [3.05, 3.63) is 33.6 Å². The van der Waals surface area contributed by atoms with E-state index in [2.05, 4.69) is 10.3 Å². The number of halogens is 2. The Kier molecular flexibility index (Phi) is 5.88. The average molecular weight is 358 g/mol. The van der Waals surface area contributed by atoms with Crippen LogP contribution in [0.5, 0.6) is 0 Å².